The highest BCUT2D eigenvalue weighted by Crippen LogP contribution is 2.35. The fourth-order valence-electron chi connectivity index (χ4n) is 1.15. The Bertz CT molecular complexity index is 334. The number of ether oxygens (including phenoxy) is 1. The Labute approximate surface area is 111 Å². The van der Waals surface area contributed by atoms with Gasteiger partial charge >= 0.3 is 0 Å². The molecule has 0 bridgehead atoms. The molecule has 1 aromatic rings. The van der Waals surface area contributed by atoms with Gasteiger partial charge in [0.2, 0.25) is 0 Å². The second kappa shape index (κ2) is 6.55. The minimum absolute atomic E-state index is 0.393. The van der Waals surface area contributed by atoms with Crippen molar-refractivity contribution in [2.24, 2.45) is 0 Å². The first-order chi connectivity index (χ1) is 7.54. The molecule has 0 aliphatic rings. The molecule has 1 atom stereocenters. The van der Waals surface area contributed by atoms with Crippen molar-refractivity contribution in [1.82, 2.24) is 5.32 Å². The summed E-state index contributed by atoms with van der Waals surface area (Å²) in [6.45, 7) is 2.64. The van der Waals surface area contributed by atoms with Crippen molar-refractivity contribution in [1.29, 1.82) is 0 Å². The maximum absolute atomic E-state index is 5.97. The molecular weight excluding hydrogens is 268 g/mol. The number of rotatable bonds is 5. The van der Waals surface area contributed by atoms with E-state index in [1.807, 2.05) is 7.05 Å². The molecule has 0 aliphatic carbocycles. The summed E-state index contributed by atoms with van der Waals surface area (Å²) in [5, 5.41) is 4.51. The summed E-state index contributed by atoms with van der Waals surface area (Å²) in [6, 6.07) is 3.63. The molecule has 0 saturated carbocycles. The summed E-state index contributed by atoms with van der Waals surface area (Å²) in [7, 11) is 1.91. The van der Waals surface area contributed by atoms with Crippen LogP contribution in [0.4, 0.5) is 0 Å². The third kappa shape index (κ3) is 4.02. The zero-order chi connectivity index (χ0) is 12.1. The van der Waals surface area contributed by atoms with E-state index in [1.54, 1.807) is 12.1 Å². The average molecular weight is 283 g/mol. The molecule has 2 nitrogen and oxygen atoms in total. The van der Waals surface area contributed by atoms with Crippen molar-refractivity contribution in [3.63, 3.8) is 0 Å². The van der Waals surface area contributed by atoms with Crippen LogP contribution in [0.15, 0.2) is 12.1 Å². The SMILES string of the molecule is CNC(C)CCOc1c(Cl)cc(Cl)cc1Cl. The zero-order valence-corrected chi connectivity index (χ0v) is 11.5. The molecule has 0 aromatic heterocycles. The first-order valence-electron chi connectivity index (χ1n) is 4.99. The van der Waals surface area contributed by atoms with E-state index in [9.17, 15) is 0 Å². The van der Waals surface area contributed by atoms with Crippen molar-refractivity contribution in [2.45, 2.75) is 19.4 Å². The number of benzene rings is 1. The molecule has 0 aliphatic heterocycles. The molecule has 0 radical (unpaired) electrons. The van der Waals surface area contributed by atoms with E-state index in [0.717, 1.165) is 6.42 Å². The van der Waals surface area contributed by atoms with Gasteiger partial charge in [-0.2, -0.15) is 0 Å². The minimum Gasteiger partial charge on any atom is -0.490 e. The second-order valence-corrected chi connectivity index (χ2v) is 4.78. The Morgan fingerprint density at radius 2 is 1.81 bits per heavy atom. The van der Waals surface area contributed by atoms with Crippen LogP contribution < -0.4 is 10.1 Å². The monoisotopic (exact) mass is 281 g/mol. The van der Waals surface area contributed by atoms with Crippen LogP contribution in [0.3, 0.4) is 0 Å². The number of hydrogen-bond acceptors (Lipinski definition) is 2. The van der Waals surface area contributed by atoms with Crippen LogP contribution in [0.1, 0.15) is 13.3 Å². The normalized spacial score (nSPS) is 12.6. The first kappa shape index (κ1) is 13.9. The summed E-state index contributed by atoms with van der Waals surface area (Å²) in [6.07, 6.45) is 0.881. The lowest BCUT2D eigenvalue weighted by atomic mass is 10.2. The molecule has 0 spiro atoms. The maximum Gasteiger partial charge on any atom is 0.156 e. The van der Waals surface area contributed by atoms with E-state index in [0.29, 0.717) is 33.5 Å². The summed E-state index contributed by atoms with van der Waals surface area (Å²) in [5.41, 5.74) is 0. The van der Waals surface area contributed by atoms with Gasteiger partial charge in [0.05, 0.1) is 16.7 Å². The predicted molar refractivity (Wildman–Crippen MR) is 70.1 cm³/mol. The molecule has 1 aromatic carbocycles. The van der Waals surface area contributed by atoms with Gasteiger partial charge in [0, 0.05) is 11.1 Å². The Kier molecular flexibility index (Phi) is 5.70. The molecule has 0 fully saturated rings. The van der Waals surface area contributed by atoms with E-state index < -0.39 is 0 Å². The highest BCUT2D eigenvalue weighted by Gasteiger charge is 2.09. The van der Waals surface area contributed by atoms with E-state index in [2.05, 4.69) is 12.2 Å². The summed E-state index contributed by atoms with van der Waals surface area (Å²) >= 11 is 17.7. The van der Waals surface area contributed by atoms with Gasteiger partial charge in [-0.25, -0.2) is 0 Å². The van der Waals surface area contributed by atoms with E-state index >= 15 is 0 Å². The van der Waals surface area contributed by atoms with Crippen LogP contribution in [0.25, 0.3) is 0 Å². The third-order valence-electron chi connectivity index (χ3n) is 2.25. The largest absolute Gasteiger partial charge is 0.490 e. The molecule has 1 N–H and O–H groups in total. The van der Waals surface area contributed by atoms with Gasteiger partial charge < -0.3 is 10.1 Å². The molecule has 0 heterocycles. The molecule has 16 heavy (non-hydrogen) atoms. The van der Waals surface area contributed by atoms with Crippen LogP contribution in [-0.2, 0) is 0 Å². The predicted octanol–water partition coefficient (Wildman–Crippen LogP) is 4.02. The molecule has 5 heteroatoms. The fraction of sp³-hybridized carbons (Fsp3) is 0.455. The van der Waals surface area contributed by atoms with E-state index in [4.69, 9.17) is 39.5 Å². The highest BCUT2D eigenvalue weighted by molar-refractivity contribution is 6.40. The van der Waals surface area contributed by atoms with Crippen LogP contribution in [0, 0.1) is 0 Å². The van der Waals surface area contributed by atoms with E-state index in [-0.39, 0.29) is 0 Å². The number of nitrogens with one attached hydrogen (secondary N) is 1. The minimum atomic E-state index is 0.393. The topological polar surface area (TPSA) is 21.3 Å². The summed E-state index contributed by atoms with van der Waals surface area (Å²) < 4.78 is 5.53. The van der Waals surface area contributed by atoms with Crippen LogP contribution in [-0.4, -0.2) is 19.7 Å². The van der Waals surface area contributed by atoms with Crippen LogP contribution in [0.5, 0.6) is 5.75 Å². The van der Waals surface area contributed by atoms with Crippen molar-refractivity contribution >= 4 is 34.8 Å². The Hall–Kier alpha value is -0.150. The van der Waals surface area contributed by atoms with Crippen LogP contribution >= 0.6 is 34.8 Å². The molecular formula is C11H14Cl3NO. The smallest absolute Gasteiger partial charge is 0.156 e. The quantitative estimate of drug-likeness (QED) is 0.880. The number of hydrogen-bond donors (Lipinski definition) is 1. The van der Waals surface area contributed by atoms with Crippen molar-refractivity contribution in [3.05, 3.63) is 27.2 Å². The maximum atomic E-state index is 5.97. The first-order valence-corrected chi connectivity index (χ1v) is 6.12. The van der Waals surface area contributed by atoms with Crippen molar-refractivity contribution in [3.8, 4) is 5.75 Å². The standard InChI is InChI=1S/C11H14Cl3NO/c1-7(15-2)3-4-16-11-9(13)5-8(12)6-10(11)14/h5-7,15H,3-4H2,1-2H3. The van der Waals surface area contributed by atoms with Gasteiger partial charge in [-0.3, -0.25) is 0 Å². The fourth-order valence-corrected chi connectivity index (χ4v) is 2.08. The molecule has 1 rings (SSSR count). The summed E-state index contributed by atoms with van der Waals surface area (Å²) in [5.74, 6) is 0.496. The second-order valence-electron chi connectivity index (χ2n) is 3.53. The summed E-state index contributed by atoms with van der Waals surface area (Å²) in [4.78, 5) is 0. The Balaban J connectivity index is 2.60. The molecule has 0 amide bonds. The lowest BCUT2D eigenvalue weighted by molar-refractivity contribution is 0.294. The van der Waals surface area contributed by atoms with Gasteiger partial charge in [-0.15, -0.1) is 0 Å². The lowest BCUT2D eigenvalue weighted by Gasteiger charge is -2.13. The molecule has 90 valence electrons. The molecule has 1 unspecified atom stereocenters. The van der Waals surface area contributed by atoms with Gasteiger partial charge in [0.15, 0.2) is 5.75 Å². The van der Waals surface area contributed by atoms with Crippen molar-refractivity contribution < 1.29 is 4.74 Å². The Morgan fingerprint density at radius 1 is 1.25 bits per heavy atom. The van der Waals surface area contributed by atoms with Gasteiger partial charge in [-0.05, 0) is 32.5 Å². The highest BCUT2D eigenvalue weighted by atomic mass is 35.5. The average Bonchev–Trinajstić information content (AvgIpc) is 2.21. The van der Waals surface area contributed by atoms with E-state index in [1.165, 1.54) is 0 Å². The zero-order valence-electron chi connectivity index (χ0n) is 9.19. The van der Waals surface area contributed by atoms with Gasteiger partial charge in [0.1, 0.15) is 0 Å². The third-order valence-corrected chi connectivity index (χ3v) is 3.03. The number of halogens is 3. The van der Waals surface area contributed by atoms with Crippen molar-refractivity contribution in [2.75, 3.05) is 13.7 Å². The van der Waals surface area contributed by atoms with Gasteiger partial charge in [0.25, 0.3) is 0 Å². The Morgan fingerprint density at radius 3 is 2.31 bits per heavy atom. The lowest BCUT2D eigenvalue weighted by Crippen LogP contribution is -2.23. The van der Waals surface area contributed by atoms with Gasteiger partial charge in [-0.1, -0.05) is 34.8 Å². The molecule has 0 saturated heterocycles. The van der Waals surface area contributed by atoms with Crippen LogP contribution in [0.2, 0.25) is 15.1 Å².